The molecule has 18 heavy (non-hydrogen) atoms. The van der Waals surface area contributed by atoms with Crippen molar-refractivity contribution in [1.29, 1.82) is 0 Å². The molecule has 0 aliphatic carbocycles. The lowest BCUT2D eigenvalue weighted by Crippen LogP contribution is -2.31. The predicted molar refractivity (Wildman–Crippen MR) is 73.9 cm³/mol. The first-order valence-electron chi connectivity index (χ1n) is 6.31. The molecule has 0 heterocycles. The molecule has 0 aliphatic heterocycles. The third-order valence-corrected chi connectivity index (χ3v) is 3.15. The minimum Gasteiger partial charge on any atom is -0.495 e. The van der Waals surface area contributed by atoms with E-state index in [1.165, 1.54) is 12.1 Å². The number of hydrogen-bond acceptors (Lipinski definition) is 3. The lowest BCUT2D eigenvalue weighted by Gasteiger charge is -2.26. The van der Waals surface area contributed by atoms with Gasteiger partial charge in [-0.05, 0) is 31.6 Å². The van der Waals surface area contributed by atoms with Crippen molar-refractivity contribution in [2.45, 2.75) is 13.3 Å². The van der Waals surface area contributed by atoms with Gasteiger partial charge in [-0.2, -0.15) is 0 Å². The van der Waals surface area contributed by atoms with Crippen LogP contribution in [0.1, 0.15) is 13.3 Å². The molecule has 0 radical (unpaired) electrons. The smallest absolute Gasteiger partial charge is 0.142 e. The Morgan fingerprint density at radius 3 is 2.72 bits per heavy atom. The topological polar surface area (TPSA) is 24.5 Å². The average Bonchev–Trinajstić information content (AvgIpc) is 2.38. The summed E-state index contributed by atoms with van der Waals surface area (Å²) < 4.78 is 18.6. The zero-order valence-electron chi connectivity index (χ0n) is 11.7. The van der Waals surface area contributed by atoms with Crippen molar-refractivity contribution < 1.29 is 9.13 Å². The zero-order valence-corrected chi connectivity index (χ0v) is 11.7. The fraction of sp³-hybridized carbons (Fsp3) is 0.571. The molecule has 0 bridgehead atoms. The van der Waals surface area contributed by atoms with E-state index < -0.39 is 0 Å². The van der Waals surface area contributed by atoms with Gasteiger partial charge in [-0.3, -0.25) is 0 Å². The Hall–Kier alpha value is -1.29. The molecule has 1 aromatic carbocycles. The zero-order chi connectivity index (χ0) is 13.5. The summed E-state index contributed by atoms with van der Waals surface area (Å²) >= 11 is 0. The van der Waals surface area contributed by atoms with Crippen LogP contribution in [0.5, 0.6) is 5.75 Å². The summed E-state index contributed by atoms with van der Waals surface area (Å²) in [5.74, 6) is 1.01. The first-order valence-corrected chi connectivity index (χ1v) is 6.31. The number of methoxy groups -OCH3 is 1. The van der Waals surface area contributed by atoms with Crippen LogP contribution in [0.15, 0.2) is 18.2 Å². The number of ether oxygens (including phenoxy) is 1. The lowest BCUT2D eigenvalue weighted by atomic mass is 10.1. The molecule has 1 unspecified atom stereocenters. The molecule has 102 valence electrons. The molecule has 3 nitrogen and oxygen atoms in total. The van der Waals surface area contributed by atoms with E-state index >= 15 is 0 Å². The third-order valence-electron chi connectivity index (χ3n) is 3.15. The average molecular weight is 254 g/mol. The van der Waals surface area contributed by atoms with Crippen molar-refractivity contribution in [3.05, 3.63) is 24.0 Å². The maximum Gasteiger partial charge on any atom is 0.142 e. The van der Waals surface area contributed by atoms with Crippen molar-refractivity contribution in [2.24, 2.45) is 5.92 Å². The summed E-state index contributed by atoms with van der Waals surface area (Å²) in [6.45, 7) is 3.99. The van der Waals surface area contributed by atoms with Crippen molar-refractivity contribution >= 4 is 5.69 Å². The van der Waals surface area contributed by atoms with Crippen molar-refractivity contribution in [2.75, 3.05) is 39.2 Å². The Morgan fingerprint density at radius 2 is 2.17 bits per heavy atom. The molecule has 1 N–H and O–H groups in total. The Bertz CT molecular complexity index is 371. The molecule has 0 amide bonds. The fourth-order valence-corrected chi connectivity index (χ4v) is 2.07. The Morgan fingerprint density at radius 1 is 1.44 bits per heavy atom. The van der Waals surface area contributed by atoms with Gasteiger partial charge in [0.15, 0.2) is 0 Å². The van der Waals surface area contributed by atoms with Crippen LogP contribution in [0.4, 0.5) is 10.1 Å². The van der Waals surface area contributed by atoms with Crippen LogP contribution in [0.25, 0.3) is 0 Å². The number of benzene rings is 1. The van der Waals surface area contributed by atoms with Gasteiger partial charge in [-0.1, -0.05) is 13.3 Å². The summed E-state index contributed by atoms with van der Waals surface area (Å²) in [7, 11) is 5.52. The van der Waals surface area contributed by atoms with Gasteiger partial charge < -0.3 is 15.0 Å². The van der Waals surface area contributed by atoms with Crippen molar-refractivity contribution in [1.82, 2.24) is 5.32 Å². The number of nitrogens with zero attached hydrogens (tertiary/aromatic N) is 1. The number of nitrogens with one attached hydrogen (secondary N) is 1. The van der Waals surface area contributed by atoms with E-state index in [-0.39, 0.29) is 5.82 Å². The van der Waals surface area contributed by atoms with E-state index in [9.17, 15) is 4.39 Å². The van der Waals surface area contributed by atoms with Crippen molar-refractivity contribution in [3.63, 3.8) is 0 Å². The number of halogens is 1. The summed E-state index contributed by atoms with van der Waals surface area (Å²) in [4.78, 5) is 2.05. The van der Waals surface area contributed by atoms with Gasteiger partial charge in [0.2, 0.25) is 0 Å². The molecule has 0 aliphatic rings. The molecule has 0 saturated carbocycles. The summed E-state index contributed by atoms with van der Waals surface area (Å²) in [5, 5.41) is 3.18. The SMILES string of the molecule is CCC(CNC)CN(C)c1cc(F)ccc1OC. The molecule has 0 fully saturated rings. The van der Waals surface area contributed by atoms with Gasteiger partial charge in [0.1, 0.15) is 11.6 Å². The molecular weight excluding hydrogens is 231 g/mol. The predicted octanol–water partition coefficient (Wildman–Crippen LogP) is 2.52. The molecule has 1 atom stereocenters. The van der Waals surface area contributed by atoms with Gasteiger partial charge in [-0.15, -0.1) is 0 Å². The molecule has 1 aromatic rings. The highest BCUT2D eigenvalue weighted by molar-refractivity contribution is 5.58. The van der Waals surface area contributed by atoms with Crippen molar-refractivity contribution in [3.8, 4) is 5.75 Å². The van der Waals surface area contributed by atoms with Crippen LogP contribution in [-0.4, -0.2) is 34.3 Å². The Kier molecular flexibility index (Phi) is 5.92. The van der Waals surface area contributed by atoms with Gasteiger partial charge in [0.25, 0.3) is 0 Å². The van der Waals surface area contributed by atoms with E-state index in [0.717, 1.165) is 25.2 Å². The highest BCUT2D eigenvalue weighted by Crippen LogP contribution is 2.28. The largest absolute Gasteiger partial charge is 0.495 e. The van der Waals surface area contributed by atoms with Crippen LogP contribution >= 0.6 is 0 Å². The van der Waals surface area contributed by atoms with Crippen LogP contribution in [-0.2, 0) is 0 Å². The maximum atomic E-state index is 13.3. The lowest BCUT2D eigenvalue weighted by molar-refractivity contribution is 0.411. The molecule has 1 rings (SSSR count). The second-order valence-electron chi connectivity index (χ2n) is 4.53. The Labute approximate surface area is 109 Å². The molecule has 4 heteroatoms. The first-order chi connectivity index (χ1) is 8.62. The van der Waals surface area contributed by atoms with E-state index in [0.29, 0.717) is 11.7 Å². The quantitative estimate of drug-likeness (QED) is 0.809. The number of anilines is 1. The van der Waals surface area contributed by atoms with E-state index in [2.05, 4.69) is 12.2 Å². The summed E-state index contributed by atoms with van der Waals surface area (Å²) in [5.41, 5.74) is 0.798. The normalized spacial score (nSPS) is 12.3. The number of hydrogen-bond donors (Lipinski definition) is 1. The van der Waals surface area contributed by atoms with Gasteiger partial charge >= 0.3 is 0 Å². The van der Waals surface area contributed by atoms with E-state index in [1.807, 2.05) is 19.0 Å². The van der Waals surface area contributed by atoms with E-state index in [4.69, 9.17) is 4.74 Å². The van der Waals surface area contributed by atoms with Crippen LogP contribution < -0.4 is 15.0 Å². The number of rotatable bonds is 7. The highest BCUT2D eigenvalue weighted by atomic mass is 19.1. The van der Waals surface area contributed by atoms with Crippen LogP contribution in [0, 0.1) is 11.7 Å². The Balaban J connectivity index is 2.81. The maximum absolute atomic E-state index is 13.3. The molecule has 0 aromatic heterocycles. The third kappa shape index (κ3) is 3.88. The minimum absolute atomic E-state index is 0.237. The van der Waals surface area contributed by atoms with E-state index in [1.54, 1.807) is 13.2 Å². The minimum atomic E-state index is -0.237. The summed E-state index contributed by atoms with van der Waals surface area (Å²) in [6, 6.07) is 4.60. The van der Waals surface area contributed by atoms with Gasteiger partial charge in [0.05, 0.1) is 12.8 Å². The summed E-state index contributed by atoms with van der Waals surface area (Å²) in [6.07, 6.45) is 1.09. The van der Waals surface area contributed by atoms with Crippen LogP contribution in [0.3, 0.4) is 0 Å². The molecular formula is C14H23FN2O. The second kappa shape index (κ2) is 7.21. The monoisotopic (exact) mass is 254 g/mol. The second-order valence-corrected chi connectivity index (χ2v) is 4.53. The first kappa shape index (κ1) is 14.8. The fourth-order valence-electron chi connectivity index (χ4n) is 2.07. The highest BCUT2D eigenvalue weighted by Gasteiger charge is 2.13. The van der Waals surface area contributed by atoms with Gasteiger partial charge in [-0.25, -0.2) is 4.39 Å². The van der Waals surface area contributed by atoms with Crippen LogP contribution in [0.2, 0.25) is 0 Å². The standard InChI is InChI=1S/C14H23FN2O/c1-5-11(9-16-2)10-17(3)13-8-12(15)6-7-14(13)18-4/h6-8,11,16H,5,9-10H2,1-4H3. The molecule has 0 saturated heterocycles. The molecule has 0 spiro atoms. The van der Waals surface area contributed by atoms with Gasteiger partial charge in [0, 0.05) is 19.7 Å².